The van der Waals surface area contributed by atoms with E-state index in [1.54, 1.807) is 6.33 Å². The summed E-state index contributed by atoms with van der Waals surface area (Å²) < 4.78 is 1.95. The summed E-state index contributed by atoms with van der Waals surface area (Å²) in [5.74, 6) is 1.83. The van der Waals surface area contributed by atoms with Crippen molar-refractivity contribution in [1.29, 1.82) is 0 Å². The average molecular weight is 284 g/mol. The summed E-state index contributed by atoms with van der Waals surface area (Å²) in [6, 6.07) is 8.44. The average Bonchev–Trinajstić information content (AvgIpc) is 2.95. The van der Waals surface area contributed by atoms with Crippen LogP contribution in [0.1, 0.15) is 38.5 Å². The zero-order valence-corrected chi connectivity index (χ0v) is 12.8. The Morgan fingerprint density at radius 1 is 1.24 bits per heavy atom. The molecule has 0 bridgehead atoms. The van der Waals surface area contributed by atoms with E-state index < -0.39 is 0 Å². The third-order valence-electron chi connectivity index (χ3n) is 4.44. The standard InChI is InChI=1S/C17H24N4/c1-21-13-19-20-17(21)15-8-5-9-16(12-15)18-11-10-14-6-3-2-4-7-14/h5,8-9,12-14,18H,2-4,6-7,10-11H2,1H3. The maximum absolute atomic E-state index is 4.17. The Morgan fingerprint density at radius 3 is 2.86 bits per heavy atom. The molecule has 0 radical (unpaired) electrons. The van der Waals surface area contributed by atoms with Crippen LogP contribution in [0, 0.1) is 5.92 Å². The molecule has 112 valence electrons. The lowest BCUT2D eigenvalue weighted by atomic mass is 9.87. The highest BCUT2D eigenvalue weighted by molar-refractivity contribution is 5.62. The zero-order valence-electron chi connectivity index (χ0n) is 12.8. The number of benzene rings is 1. The number of nitrogens with zero attached hydrogens (tertiary/aromatic N) is 3. The normalized spacial score (nSPS) is 16.0. The number of nitrogens with one attached hydrogen (secondary N) is 1. The monoisotopic (exact) mass is 284 g/mol. The van der Waals surface area contributed by atoms with Gasteiger partial charge in [-0.3, -0.25) is 0 Å². The van der Waals surface area contributed by atoms with E-state index in [-0.39, 0.29) is 0 Å². The van der Waals surface area contributed by atoms with Crippen LogP contribution in [0.4, 0.5) is 5.69 Å². The van der Waals surface area contributed by atoms with Crippen LogP contribution < -0.4 is 5.32 Å². The number of hydrogen-bond donors (Lipinski definition) is 1. The molecule has 1 saturated carbocycles. The van der Waals surface area contributed by atoms with Crippen molar-refractivity contribution in [3.8, 4) is 11.4 Å². The van der Waals surface area contributed by atoms with E-state index >= 15 is 0 Å². The number of rotatable bonds is 5. The van der Waals surface area contributed by atoms with Gasteiger partial charge in [-0.15, -0.1) is 10.2 Å². The van der Waals surface area contributed by atoms with Crippen molar-refractivity contribution in [3.05, 3.63) is 30.6 Å². The van der Waals surface area contributed by atoms with Gasteiger partial charge in [-0.2, -0.15) is 0 Å². The van der Waals surface area contributed by atoms with E-state index in [2.05, 4.69) is 39.8 Å². The minimum absolute atomic E-state index is 0.908. The highest BCUT2D eigenvalue weighted by Crippen LogP contribution is 2.26. The second-order valence-electron chi connectivity index (χ2n) is 6.07. The summed E-state index contributed by atoms with van der Waals surface area (Å²) in [7, 11) is 1.97. The molecule has 0 spiro atoms. The Balaban J connectivity index is 1.57. The van der Waals surface area contributed by atoms with Crippen molar-refractivity contribution in [2.24, 2.45) is 13.0 Å². The lowest BCUT2D eigenvalue weighted by Gasteiger charge is -2.21. The van der Waals surface area contributed by atoms with Gasteiger partial charge in [-0.1, -0.05) is 44.2 Å². The number of aryl methyl sites for hydroxylation is 1. The van der Waals surface area contributed by atoms with Crippen LogP contribution in [0.5, 0.6) is 0 Å². The summed E-state index contributed by atoms with van der Waals surface area (Å²) in [5.41, 5.74) is 2.28. The molecule has 0 amide bonds. The molecule has 0 saturated heterocycles. The molecule has 2 aromatic rings. The molecule has 1 aliphatic rings. The fourth-order valence-electron chi connectivity index (χ4n) is 3.21. The molecule has 4 nitrogen and oxygen atoms in total. The predicted molar refractivity (Wildman–Crippen MR) is 86.1 cm³/mol. The van der Waals surface area contributed by atoms with Gasteiger partial charge in [0.25, 0.3) is 0 Å². The minimum Gasteiger partial charge on any atom is -0.385 e. The lowest BCUT2D eigenvalue weighted by molar-refractivity contribution is 0.345. The molecule has 3 rings (SSSR count). The summed E-state index contributed by atoms with van der Waals surface area (Å²) in [6.45, 7) is 1.06. The lowest BCUT2D eigenvalue weighted by Crippen LogP contribution is -2.12. The molecule has 0 unspecified atom stereocenters. The van der Waals surface area contributed by atoms with E-state index in [4.69, 9.17) is 0 Å². The first-order valence-corrected chi connectivity index (χ1v) is 8.01. The maximum Gasteiger partial charge on any atom is 0.163 e. The Kier molecular flexibility index (Phi) is 4.53. The van der Waals surface area contributed by atoms with Gasteiger partial charge in [-0.25, -0.2) is 0 Å². The van der Waals surface area contributed by atoms with Crippen molar-refractivity contribution in [3.63, 3.8) is 0 Å². The van der Waals surface area contributed by atoms with Crippen molar-refractivity contribution >= 4 is 5.69 Å². The van der Waals surface area contributed by atoms with E-state index in [9.17, 15) is 0 Å². The van der Waals surface area contributed by atoms with E-state index in [1.807, 2.05) is 11.6 Å². The van der Waals surface area contributed by atoms with Gasteiger partial charge in [-0.05, 0) is 24.5 Å². The smallest absolute Gasteiger partial charge is 0.163 e. The van der Waals surface area contributed by atoms with Gasteiger partial charge in [0.15, 0.2) is 5.82 Å². The molecule has 1 aromatic carbocycles. The predicted octanol–water partition coefficient (Wildman–Crippen LogP) is 3.86. The molecule has 1 aliphatic carbocycles. The number of aromatic nitrogens is 3. The zero-order chi connectivity index (χ0) is 14.5. The van der Waals surface area contributed by atoms with Crippen molar-refractivity contribution in [2.75, 3.05) is 11.9 Å². The van der Waals surface area contributed by atoms with Crippen LogP contribution >= 0.6 is 0 Å². The van der Waals surface area contributed by atoms with Crippen LogP contribution in [0.25, 0.3) is 11.4 Å². The quantitative estimate of drug-likeness (QED) is 0.906. The van der Waals surface area contributed by atoms with E-state index in [0.29, 0.717) is 0 Å². The van der Waals surface area contributed by atoms with Gasteiger partial charge >= 0.3 is 0 Å². The van der Waals surface area contributed by atoms with Crippen LogP contribution in [-0.4, -0.2) is 21.3 Å². The highest BCUT2D eigenvalue weighted by Gasteiger charge is 2.12. The largest absolute Gasteiger partial charge is 0.385 e. The van der Waals surface area contributed by atoms with Crippen LogP contribution in [0.15, 0.2) is 30.6 Å². The molecule has 1 fully saturated rings. The molecule has 21 heavy (non-hydrogen) atoms. The summed E-state index contributed by atoms with van der Waals surface area (Å²) >= 11 is 0. The second-order valence-corrected chi connectivity index (χ2v) is 6.07. The van der Waals surface area contributed by atoms with E-state index in [0.717, 1.165) is 23.9 Å². The van der Waals surface area contributed by atoms with E-state index in [1.165, 1.54) is 44.2 Å². The van der Waals surface area contributed by atoms with Crippen molar-refractivity contribution in [2.45, 2.75) is 38.5 Å². The fraction of sp³-hybridized carbons (Fsp3) is 0.529. The first-order valence-electron chi connectivity index (χ1n) is 8.01. The summed E-state index contributed by atoms with van der Waals surface area (Å²) in [6.07, 6.45) is 10.1. The molecule has 4 heteroatoms. The first-order chi connectivity index (χ1) is 10.3. The van der Waals surface area contributed by atoms with Crippen LogP contribution in [-0.2, 0) is 7.05 Å². The van der Waals surface area contributed by atoms with Gasteiger partial charge < -0.3 is 9.88 Å². The highest BCUT2D eigenvalue weighted by atomic mass is 15.2. The Hall–Kier alpha value is -1.84. The van der Waals surface area contributed by atoms with Gasteiger partial charge in [0, 0.05) is 24.8 Å². The second kappa shape index (κ2) is 6.74. The third-order valence-corrected chi connectivity index (χ3v) is 4.44. The molecule has 0 atom stereocenters. The number of anilines is 1. The van der Waals surface area contributed by atoms with Crippen molar-refractivity contribution < 1.29 is 0 Å². The summed E-state index contributed by atoms with van der Waals surface area (Å²) in [4.78, 5) is 0. The topological polar surface area (TPSA) is 42.7 Å². The summed E-state index contributed by atoms with van der Waals surface area (Å²) in [5, 5.41) is 11.7. The Morgan fingerprint density at radius 2 is 2.10 bits per heavy atom. The molecule has 1 heterocycles. The number of hydrogen-bond acceptors (Lipinski definition) is 3. The first kappa shape index (κ1) is 14.1. The van der Waals surface area contributed by atoms with Crippen LogP contribution in [0.2, 0.25) is 0 Å². The molecule has 0 aliphatic heterocycles. The Labute approximate surface area is 126 Å². The van der Waals surface area contributed by atoms with Crippen LogP contribution in [0.3, 0.4) is 0 Å². The third kappa shape index (κ3) is 3.63. The van der Waals surface area contributed by atoms with Gasteiger partial charge in [0.05, 0.1) is 0 Å². The maximum atomic E-state index is 4.17. The molecule has 1 N–H and O–H groups in total. The molecular weight excluding hydrogens is 260 g/mol. The van der Waals surface area contributed by atoms with Gasteiger partial charge in [0.2, 0.25) is 0 Å². The minimum atomic E-state index is 0.908. The van der Waals surface area contributed by atoms with Crippen molar-refractivity contribution in [1.82, 2.24) is 14.8 Å². The van der Waals surface area contributed by atoms with Gasteiger partial charge in [0.1, 0.15) is 6.33 Å². The molecular formula is C17H24N4. The molecule has 1 aromatic heterocycles. The fourth-order valence-corrected chi connectivity index (χ4v) is 3.21. The Bertz CT molecular complexity index is 570. The SMILES string of the molecule is Cn1cnnc1-c1cccc(NCCC2CCCCC2)c1.